The Morgan fingerprint density at radius 3 is 2.54 bits per heavy atom. The van der Waals surface area contributed by atoms with Crippen molar-refractivity contribution in [3.8, 4) is 11.8 Å². The maximum atomic E-state index is 12.5. The van der Waals surface area contributed by atoms with Crippen LogP contribution in [0.2, 0.25) is 0 Å². The number of halogens is 3. The number of hydrogen-bond acceptors (Lipinski definition) is 6. The molecule has 9 heteroatoms. The van der Waals surface area contributed by atoms with E-state index < -0.39 is 18.9 Å². The topological polar surface area (TPSA) is 65.8 Å². The highest BCUT2D eigenvalue weighted by Gasteiger charge is 2.32. The molecule has 0 saturated carbocycles. The Morgan fingerprint density at radius 2 is 1.79 bits per heavy atom. The Bertz CT molecular complexity index is 880. The smallest absolute Gasteiger partial charge is 0.420 e. The molecule has 0 aliphatic heterocycles. The summed E-state index contributed by atoms with van der Waals surface area (Å²) in [4.78, 5) is 4.19. The van der Waals surface area contributed by atoms with Gasteiger partial charge >= 0.3 is 12.4 Å². The minimum Gasteiger partial charge on any atom is -0.420 e. The number of hydrogen-bond donors (Lipinski definition) is 1. The van der Waals surface area contributed by atoms with Gasteiger partial charge in [0.25, 0.3) is 0 Å². The van der Waals surface area contributed by atoms with Crippen molar-refractivity contribution in [3.63, 3.8) is 0 Å². The van der Waals surface area contributed by atoms with E-state index in [9.17, 15) is 13.2 Å². The first-order chi connectivity index (χ1) is 13.3. The zero-order valence-electron chi connectivity index (χ0n) is 15.2. The Hall–Kier alpha value is -2.78. The van der Waals surface area contributed by atoms with Gasteiger partial charge in [-0.2, -0.15) is 4.98 Å². The van der Waals surface area contributed by atoms with Gasteiger partial charge < -0.3 is 18.6 Å². The van der Waals surface area contributed by atoms with Gasteiger partial charge in [0, 0.05) is 12.1 Å². The quantitative estimate of drug-likeness (QED) is 0.561. The van der Waals surface area contributed by atoms with E-state index >= 15 is 0 Å². The fraction of sp³-hybridized carbons (Fsp3) is 0.316. The van der Waals surface area contributed by atoms with E-state index in [-0.39, 0.29) is 18.4 Å². The molecule has 2 unspecified atom stereocenters. The third kappa shape index (κ3) is 5.61. The number of oxazole rings is 1. The van der Waals surface area contributed by atoms with Gasteiger partial charge in [-0.25, -0.2) is 0 Å². The SMILES string of the molecule is CC(NCc1ccccc1OC(F)(F)F)OC(C)Oc1nc2ccccc2o1. The van der Waals surface area contributed by atoms with Crippen molar-refractivity contribution < 1.29 is 31.8 Å². The highest BCUT2D eigenvalue weighted by Crippen LogP contribution is 2.26. The summed E-state index contributed by atoms with van der Waals surface area (Å²) in [7, 11) is 0. The molecule has 150 valence electrons. The zero-order valence-corrected chi connectivity index (χ0v) is 15.2. The third-order valence-corrected chi connectivity index (χ3v) is 3.72. The molecule has 6 nitrogen and oxygen atoms in total. The summed E-state index contributed by atoms with van der Waals surface area (Å²) in [6.07, 6.45) is -5.89. The van der Waals surface area contributed by atoms with Crippen LogP contribution in [0.25, 0.3) is 11.1 Å². The second-order valence-corrected chi connectivity index (χ2v) is 5.95. The Kier molecular flexibility index (Phi) is 6.05. The number of benzene rings is 2. The maximum Gasteiger partial charge on any atom is 0.573 e. The van der Waals surface area contributed by atoms with E-state index in [4.69, 9.17) is 13.9 Å². The molecule has 0 amide bonds. The molecule has 0 aliphatic rings. The van der Waals surface area contributed by atoms with Gasteiger partial charge in [0.15, 0.2) is 5.58 Å². The monoisotopic (exact) mass is 396 g/mol. The number of rotatable bonds is 8. The lowest BCUT2D eigenvalue weighted by Gasteiger charge is -2.20. The van der Waals surface area contributed by atoms with Gasteiger partial charge in [-0.05, 0) is 32.0 Å². The molecule has 0 bridgehead atoms. The number of nitrogens with one attached hydrogen (secondary N) is 1. The third-order valence-electron chi connectivity index (χ3n) is 3.72. The summed E-state index contributed by atoms with van der Waals surface area (Å²) in [5.41, 5.74) is 1.61. The van der Waals surface area contributed by atoms with Gasteiger partial charge in [-0.1, -0.05) is 30.3 Å². The summed E-state index contributed by atoms with van der Waals surface area (Å²) in [5, 5.41) is 2.97. The first-order valence-corrected chi connectivity index (χ1v) is 8.55. The van der Waals surface area contributed by atoms with E-state index in [1.54, 1.807) is 38.1 Å². The number of fused-ring (bicyclic) bond motifs is 1. The van der Waals surface area contributed by atoms with Gasteiger partial charge in [-0.15, -0.1) is 13.2 Å². The van der Waals surface area contributed by atoms with Crippen LogP contribution in [0.3, 0.4) is 0 Å². The van der Waals surface area contributed by atoms with Gasteiger partial charge in [0.1, 0.15) is 17.5 Å². The van der Waals surface area contributed by atoms with Crippen LogP contribution in [0.1, 0.15) is 19.4 Å². The Morgan fingerprint density at radius 1 is 1.07 bits per heavy atom. The minimum absolute atomic E-state index is 0.0739. The van der Waals surface area contributed by atoms with E-state index in [2.05, 4.69) is 15.0 Å². The summed E-state index contributed by atoms with van der Waals surface area (Å²) < 4.78 is 58.0. The molecule has 0 fully saturated rings. The zero-order chi connectivity index (χ0) is 20.1. The van der Waals surface area contributed by atoms with Crippen molar-refractivity contribution >= 4 is 11.1 Å². The normalized spacial score (nSPS) is 14.0. The maximum absolute atomic E-state index is 12.5. The summed E-state index contributed by atoms with van der Waals surface area (Å²) >= 11 is 0. The molecule has 1 heterocycles. The molecular formula is C19H19F3N2O4. The first kappa shape index (κ1) is 20.0. The van der Waals surface area contributed by atoms with Crippen LogP contribution in [-0.2, 0) is 11.3 Å². The van der Waals surface area contributed by atoms with Crippen LogP contribution < -0.4 is 14.8 Å². The van der Waals surface area contributed by atoms with Crippen molar-refractivity contribution in [3.05, 3.63) is 54.1 Å². The molecule has 28 heavy (non-hydrogen) atoms. The molecular weight excluding hydrogens is 377 g/mol. The van der Waals surface area contributed by atoms with E-state index in [0.717, 1.165) is 0 Å². The number of aromatic nitrogens is 1. The average molecular weight is 396 g/mol. The minimum atomic E-state index is -4.75. The molecule has 0 spiro atoms. The van der Waals surface area contributed by atoms with Gasteiger partial charge in [0.05, 0.1) is 0 Å². The van der Waals surface area contributed by atoms with Crippen LogP contribution in [0, 0.1) is 0 Å². The second kappa shape index (κ2) is 8.49. The van der Waals surface area contributed by atoms with Crippen LogP contribution in [0.15, 0.2) is 52.9 Å². The Labute approximate surface area is 159 Å². The van der Waals surface area contributed by atoms with Crippen LogP contribution >= 0.6 is 0 Å². The van der Waals surface area contributed by atoms with E-state index in [1.165, 1.54) is 12.1 Å². The second-order valence-electron chi connectivity index (χ2n) is 5.95. The van der Waals surface area contributed by atoms with E-state index in [1.807, 2.05) is 12.1 Å². The first-order valence-electron chi connectivity index (χ1n) is 8.55. The molecule has 3 rings (SSSR count). The average Bonchev–Trinajstić information content (AvgIpc) is 3.01. The lowest BCUT2D eigenvalue weighted by Crippen LogP contribution is -2.33. The number of nitrogens with zero attached hydrogens (tertiary/aromatic N) is 1. The number of para-hydroxylation sites is 3. The van der Waals surface area contributed by atoms with Gasteiger partial charge in [0.2, 0.25) is 6.29 Å². The van der Waals surface area contributed by atoms with Crippen molar-refractivity contribution in [2.24, 2.45) is 0 Å². The van der Waals surface area contributed by atoms with E-state index in [0.29, 0.717) is 16.7 Å². The number of ether oxygens (including phenoxy) is 3. The van der Waals surface area contributed by atoms with Crippen molar-refractivity contribution in [2.45, 2.75) is 39.3 Å². The molecule has 1 aromatic heterocycles. The molecule has 2 aromatic carbocycles. The molecule has 2 atom stereocenters. The highest BCUT2D eigenvalue weighted by molar-refractivity contribution is 5.72. The molecule has 1 N–H and O–H groups in total. The fourth-order valence-electron chi connectivity index (χ4n) is 2.53. The summed E-state index contributed by atoms with van der Waals surface area (Å²) in [6.45, 7) is 3.48. The summed E-state index contributed by atoms with van der Waals surface area (Å²) in [6, 6.07) is 13.1. The van der Waals surface area contributed by atoms with Gasteiger partial charge in [-0.3, -0.25) is 5.32 Å². The fourth-order valence-corrected chi connectivity index (χ4v) is 2.53. The van der Waals surface area contributed by atoms with Crippen molar-refractivity contribution in [2.75, 3.05) is 0 Å². The van der Waals surface area contributed by atoms with Crippen LogP contribution in [0.5, 0.6) is 11.8 Å². The van der Waals surface area contributed by atoms with Crippen LogP contribution in [0.4, 0.5) is 13.2 Å². The molecule has 0 radical (unpaired) electrons. The van der Waals surface area contributed by atoms with Crippen molar-refractivity contribution in [1.82, 2.24) is 10.3 Å². The highest BCUT2D eigenvalue weighted by atomic mass is 19.4. The predicted molar refractivity (Wildman–Crippen MR) is 94.6 cm³/mol. The largest absolute Gasteiger partial charge is 0.573 e. The Balaban J connectivity index is 1.52. The molecule has 0 aliphatic carbocycles. The summed E-state index contributed by atoms with van der Waals surface area (Å²) in [5.74, 6) is -0.259. The lowest BCUT2D eigenvalue weighted by molar-refractivity contribution is -0.274. The molecule has 3 aromatic rings. The van der Waals surface area contributed by atoms with Crippen LogP contribution in [-0.4, -0.2) is 23.9 Å². The molecule has 0 saturated heterocycles. The number of alkyl halides is 3. The van der Waals surface area contributed by atoms with Crippen molar-refractivity contribution in [1.29, 1.82) is 0 Å². The lowest BCUT2D eigenvalue weighted by atomic mass is 10.2. The predicted octanol–water partition coefficient (Wildman–Crippen LogP) is 4.60. The standard InChI is InChI=1S/C19H19F3N2O4/c1-12(23-11-14-7-3-5-9-16(14)28-19(20,21)22)25-13(2)26-18-24-15-8-4-6-10-17(15)27-18/h3-10,12-13,23H,11H2,1-2H3.